The number of fused-ring (bicyclic) bond motifs is 9. The summed E-state index contributed by atoms with van der Waals surface area (Å²) in [6.45, 7) is 16.0. The first-order valence-corrected chi connectivity index (χ1v) is 18.7. The van der Waals surface area contributed by atoms with Gasteiger partial charge < -0.3 is 18.9 Å². The molecule has 45 heavy (non-hydrogen) atoms. The van der Waals surface area contributed by atoms with Gasteiger partial charge in [-0.15, -0.1) is 0 Å². The number of rotatable bonds is 10. The molecule has 6 heteroatoms. The van der Waals surface area contributed by atoms with Crippen molar-refractivity contribution in [3.05, 3.63) is 11.6 Å². The lowest BCUT2D eigenvalue weighted by Crippen LogP contribution is -2.68. The van der Waals surface area contributed by atoms with E-state index in [-0.39, 0.29) is 59.0 Å². The highest BCUT2D eigenvalue weighted by molar-refractivity contribution is 5.86. The fraction of sp³-hybridized carbons (Fsp3) is 0.897. The zero-order valence-corrected chi connectivity index (χ0v) is 29.3. The molecule has 4 saturated carbocycles. The van der Waals surface area contributed by atoms with Crippen LogP contribution >= 0.6 is 0 Å². The molecule has 10 atom stereocenters. The molecule has 0 spiro atoms. The minimum Gasteiger partial charge on any atom is -0.438 e. The predicted molar refractivity (Wildman–Crippen MR) is 175 cm³/mol. The molecule has 0 radical (unpaired) electrons. The van der Waals surface area contributed by atoms with Gasteiger partial charge in [-0.25, -0.2) is 0 Å². The van der Waals surface area contributed by atoms with Gasteiger partial charge in [0.1, 0.15) is 12.9 Å². The van der Waals surface area contributed by atoms with Crippen LogP contribution in [0, 0.1) is 50.7 Å². The Balaban J connectivity index is 1.21. The number of allylic oxidation sites excluding steroid dienone is 2. The SMILES string of the molecule is CCCCCCCCOCOC(=O)[C@]12CCC[C@H](C)C1C1=CCC3[C@@]4(C)CC(=O)[C@@H]5OCOC[C@@]5(C)C4CC[C@@]3(C)[C@]1(C)CC2. The Hall–Kier alpha value is -1.24. The molecule has 6 nitrogen and oxygen atoms in total. The summed E-state index contributed by atoms with van der Waals surface area (Å²) in [5.74, 6) is 1.72. The summed E-state index contributed by atoms with van der Waals surface area (Å²) in [4.78, 5) is 27.8. The Labute approximate surface area is 273 Å². The summed E-state index contributed by atoms with van der Waals surface area (Å²) in [7, 11) is 0. The van der Waals surface area contributed by atoms with Crippen molar-refractivity contribution in [1.29, 1.82) is 0 Å². The zero-order chi connectivity index (χ0) is 32.1. The number of hydrogen-bond acceptors (Lipinski definition) is 6. The molecule has 6 rings (SSSR count). The fourth-order valence-electron chi connectivity index (χ4n) is 12.6. The summed E-state index contributed by atoms with van der Waals surface area (Å²) >= 11 is 0. The van der Waals surface area contributed by atoms with Crippen LogP contribution in [0.15, 0.2) is 11.6 Å². The van der Waals surface area contributed by atoms with Gasteiger partial charge in [0.05, 0.1) is 18.6 Å². The van der Waals surface area contributed by atoms with Crippen LogP contribution in [0.1, 0.15) is 138 Å². The average molecular weight is 627 g/mol. The van der Waals surface area contributed by atoms with E-state index in [4.69, 9.17) is 18.9 Å². The van der Waals surface area contributed by atoms with Crippen LogP contribution < -0.4 is 0 Å². The summed E-state index contributed by atoms with van der Waals surface area (Å²) in [5.41, 5.74) is 0.782. The molecular weight excluding hydrogens is 564 g/mol. The molecule has 254 valence electrons. The van der Waals surface area contributed by atoms with Crippen molar-refractivity contribution in [2.75, 3.05) is 26.8 Å². The van der Waals surface area contributed by atoms with E-state index in [1.54, 1.807) is 0 Å². The average Bonchev–Trinajstić information content (AvgIpc) is 3.00. The van der Waals surface area contributed by atoms with E-state index in [1.807, 2.05) is 0 Å². The highest BCUT2D eigenvalue weighted by Gasteiger charge is 2.71. The molecular formula is C39H62O6. The third-order valence-corrected chi connectivity index (χ3v) is 14.9. The lowest BCUT2D eigenvalue weighted by molar-refractivity contribution is -0.266. The van der Waals surface area contributed by atoms with E-state index in [2.05, 4.69) is 47.6 Å². The Bertz CT molecular complexity index is 1150. The monoisotopic (exact) mass is 626 g/mol. The Kier molecular flexibility index (Phi) is 9.46. The van der Waals surface area contributed by atoms with Crippen LogP contribution in [0.2, 0.25) is 0 Å². The van der Waals surface area contributed by atoms with E-state index < -0.39 is 5.41 Å². The molecule has 0 N–H and O–H groups in total. The molecule has 0 bridgehead atoms. The molecule has 6 aliphatic rings. The first kappa shape index (κ1) is 33.7. The van der Waals surface area contributed by atoms with E-state index in [0.717, 1.165) is 57.8 Å². The number of Topliss-reactive ketones (excluding diaryl/α,β-unsaturated/α-hetero) is 1. The van der Waals surface area contributed by atoms with Crippen LogP contribution in [0.4, 0.5) is 0 Å². The highest BCUT2D eigenvalue weighted by atomic mass is 16.7. The van der Waals surface area contributed by atoms with Crippen molar-refractivity contribution in [3.8, 4) is 0 Å². The second kappa shape index (κ2) is 12.7. The van der Waals surface area contributed by atoms with Gasteiger partial charge in [-0.05, 0) is 84.9 Å². The molecule has 0 aromatic heterocycles. The van der Waals surface area contributed by atoms with Gasteiger partial charge in [0, 0.05) is 11.8 Å². The number of carbonyl (C=O) groups is 2. The van der Waals surface area contributed by atoms with Gasteiger partial charge in [-0.3, -0.25) is 9.59 Å². The molecule has 5 aliphatic carbocycles. The summed E-state index contributed by atoms with van der Waals surface area (Å²) in [6, 6.07) is 0. The normalized spacial score (nSPS) is 45.7. The molecule has 5 fully saturated rings. The van der Waals surface area contributed by atoms with E-state index in [0.29, 0.717) is 37.4 Å². The van der Waals surface area contributed by atoms with Crippen molar-refractivity contribution >= 4 is 11.8 Å². The number of carbonyl (C=O) groups excluding carboxylic acids is 2. The van der Waals surface area contributed by atoms with Crippen LogP contribution in [-0.4, -0.2) is 44.7 Å². The van der Waals surface area contributed by atoms with Crippen LogP contribution in [0.3, 0.4) is 0 Å². The summed E-state index contributed by atoms with van der Waals surface area (Å²) in [5, 5.41) is 0. The van der Waals surface area contributed by atoms with Gasteiger partial charge >= 0.3 is 5.97 Å². The first-order chi connectivity index (χ1) is 21.5. The summed E-state index contributed by atoms with van der Waals surface area (Å²) < 4.78 is 23.7. The minimum atomic E-state index is -0.449. The Morgan fingerprint density at radius 3 is 2.53 bits per heavy atom. The van der Waals surface area contributed by atoms with Crippen molar-refractivity contribution < 1.29 is 28.5 Å². The zero-order valence-electron chi connectivity index (χ0n) is 29.3. The van der Waals surface area contributed by atoms with Gasteiger partial charge in [-0.1, -0.05) is 98.1 Å². The molecule has 0 amide bonds. The highest BCUT2D eigenvalue weighted by Crippen LogP contribution is 2.75. The third-order valence-electron chi connectivity index (χ3n) is 14.9. The second-order valence-electron chi connectivity index (χ2n) is 17.2. The number of hydrogen-bond donors (Lipinski definition) is 0. The first-order valence-electron chi connectivity index (χ1n) is 18.7. The summed E-state index contributed by atoms with van der Waals surface area (Å²) in [6.07, 6.45) is 18.4. The quantitative estimate of drug-likeness (QED) is 0.104. The minimum absolute atomic E-state index is 0.00140. The van der Waals surface area contributed by atoms with E-state index >= 15 is 0 Å². The second-order valence-corrected chi connectivity index (χ2v) is 17.2. The number of ketones is 1. The van der Waals surface area contributed by atoms with Crippen molar-refractivity contribution in [1.82, 2.24) is 0 Å². The molecule has 0 aromatic rings. The lowest BCUT2D eigenvalue weighted by Gasteiger charge is -2.71. The molecule has 1 heterocycles. The van der Waals surface area contributed by atoms with Crippen LogP contribution in [0.5, 0.6) is 0 Å². The smallest absolute Gasteiger partial charge is 0.314 e. The maximum absolute atomic E-state index is 14.1. The Morgan fingerprint density at radius 2 is 1.73 bits per heavy atom. The van der Waals surface area contributed by atoms with Gasteiger partial charge in [-0.2, -0.15) is 0 Å². The number of esters is 1. The van der Waals surface area contributed by atoms with Crippen LogP contribution in [-0.2, 0) is 28.5 Å². The van der Waals surface area contributed by atoms with E-state index in [9.17, 15) is 9.59 Å². The molecule has 1 saturated heterocycles. The molecule has 1 aliphatic heterocycles. The van der Waals surface area contributed by atoms with Crippen molar-refractivity contribution in [2.45, 2.75) is 144 Å². The predicted octanol–water partition coefficient (Wildman–Crippen LogP) is 8.81. The van der Waals surface area contributed by atoms with Gasteiger partial charge in [0.15, 0.2) is 12.6 Å². The molecule has 3 unspecified atom stereocenters. The maximum atomic E-state index is 14.1. The van der Waals surface area contributed by atoms with E-state index in [1.165, 1.54) is 37.7 Å². The maximum Gasteiger partial charge on any atom is 0.314 e. The standard InChI is InChI=1S/C39H62O6/c1-7-8-9-10-11-12-22-42-25-45-34(41)39-18-13-14-27(2)32(39)28-15-16-31-35(3)23-29(40)33-36(4,24-43-26-44-33)30(35)17-19-38(31,6)37(28,5)20-21-39/h15,27,30-33H,7-14,16-26H2,1-6H3/t27-,30?,31?,32?,33-,35-,36-,37+,38+,39-/m0/s1. The third kappa shape index (κ3) is 5.21. The molecule has 0 aromatic carbocycles. The van der Waals surface area contributed by atoms with Crippen LogP contribution in [0.25, 0.3) is 0 Å². The fourth-order valence-corrected chi connectivity index (χ4v) is 12.6. The largest absolute Gasteiger partial charge is 0.438 e. The van der Waals surface area contributed by atoms with Gasteiger partial charge in [0.25, 0.3) is 0 Å². The number of ether oxygens (including phenoxy) is 4. The van der Waals surface area contributed by atoms with Gasteiger partial charge in [0.2, 0.25) is 0 Å². The van der Waals surface area contributed by atoms with Crippen molar-refractivity contribution in [2.24, 2.45) is 50.7 Å². The van der Waals surface area contributed by atoms with Crippen molar-refractivity contribution in [3.63, 3.8) is 0 Å². The number of unbranched alkanes of at least 4 members (excludes halogenated alkanes) is 5. The lowest BCUT2D eigenvalue weighted by atomic mass is 9.33. The topological polar surface area (TPSA) is 71.1 Å². The Morgan fingerprint density at radius 1 is 0.956 bits per heavy atom.